The smallest absolute Gasteiger partial charge is 0.322 e. The molecule has 116 valence electrons. The summed E-state index contributed by atoms with van der Waals surface area (Å²) in [7, 11) is 0. The topological polar surface area (TPSA) is 77.3 Å². The number of nitrogens with zero attached hydrogens (tertiary/aromatic N) is 2. The Kier molecular flexibility index (Phi) is 4.05. The van der Waals surface area contributed by atoms with Gasteiger partial charge in [0.2, 0.25) is 0 Å². The molecule has 6 heteroatoms. The zero-order chi connectivity index (χ0) is 16.2. The molecule has 2 heterocycles. The highest BCUT2D eigenvalue weighted by Gasteiger charge is 2.15. The average molecular weight is 309 g/mol. The van der Waals surface area contributed by atoms with E-state index in [0.29, 0.717) is 22.8 Å². The van der Waals surface area contributed by atoms with E-state index in [9.17, 15) is 4.79 Å². The molecule has 0 radical (unpaired) electrons. The molecule has 0 fully saturated rings. The highest BCUT2D eigenvalue weighted by atomic mass is 16.5. The number of hydrogen-bond acceptors (Lipinski definition) is 5. The van der Waals surface area contributed by atoms with Gasteiger partial charge in [-0.2, -0.15) is 9.97 Å². The number of aromatic nitrogens is 2. The van der Waals surface area contributed by atoms with E-state index in [2.05, 4.69) is 15.3 Å². The van der Waals surface area contributed by atoms with Crippen LogP contribution in [0.2, 0.25) is 0 Å². The lowest BCUT2D eigenvalue weighted by Gasteiger charge is -2.11. The summed E-state index contributed by atoms with van der Waals surface area (Å²) in [6.07, 6.45) is 1.45. The molecule has 0 aliphatic carbocycles. The van der Waals surface area contributed by atoms with Crippen LogP contribution in [0.4, 0.5) is 5.69 Å². The number of carbonyl (C=O) groups excluding carboxylic acids is 1. The molecule has 3 aromatic rings. The fraction of sp³-hybridized carbons (Fsp3) is 0.118. The lowest BCUT2D eigenvalue weighted by molar-refractivity contribution is 0.0996. The molecule has 0 atom stereocenters. The summed E-state index contributed by atoms with van der Waals surface area (Å²) in [5, 5.41) is 2.76. The first-order chi connectivity index (χ1) is 11.1. The van der Waals surface area contributed by atoms with Gasteiger partial charge in [-0.15, -0.1) is 0 Å². The third kappa shape index (κ3) is 3.37. The van der Waals surface area contributed by atoms with Gasteiger partial charge in [0.25, 0.3) is 5.91 Å². The van der Waals surface area contributed by atoms with Crippen LogP contribution in [0.1, 0.15) is 21.9 Å². The normalized spacial score (nSPS) is 10.3. The van der Waals surface area contributed by atoms with Gasteiger partial charge in [-0.3, -0.25) is 4.79 Å². The molecule has 1 aromatic carbocycles. The summed E-state index contributed by atoms with van der Waals surface area (Å²) in [4.78, 5) is 20.6. The number of aryl methyl sites for hydroxylation is 2. The standard InChI is InChI=1S/C17H15N3O3/c1-11-15(20-16(21)14-9-6-10-22-14)12(2)19-17(18-11)23-13-7-4-3-5-8-13/h3-10H,1-2H3,(H,20,21). The molecule has 0 aliphatic rings. The predicted molar refractivity (Wildman–Crippen MR) is 84.7 cm³/mol. The van der Waals surface area contributed by atoms with Crippen molar-refractivity contribution < 1.29 is 13.9 Å². The summed E-state index contributed by atoms with van der Waals surface area (Å²) in [5.41, 5.74) is 1.78. The number of carbonyl (C=O) groups is 1. The minimum Gasteiger partial charge on any atom is -0.459 e. The van der Waals surface area contributed by atoms with E-state index in [1.54, 1.807) is 26.0 Å². The molecule has 23 heavy (non-hydrogen) atoms. The van der Waals surface area contributed by atoms with Crippen molar-refractivity contribution in [1.29, 1.82) is 0 Å². The van der Waals surface area contributed by atoms with Crippen molar-refractivity contribution in [2.24, 2.45) is 0 Å². The van der Waals surface area contributed by atoms with E-state index in [4.69, 9.17) is 9.15 Å². The number of hydrogen-bond donors (Lipinski definition) is 1. The van der Waals surface area contributed by atoms with Crippen molar-refractivity contribution in [3.8, 4) is 11.8 Å². The molecule has 0 bridgehead atoms. The number of anilines is 1. The Balaban J connectivity index is 1.82. The van der Waals surface area contributed by atoms with Crippen LogP contribution in [0, 0.1) is 13.8 Å². The van der Waals surface area contributed by atoms with Gasteiger partial charge < -0.3 is 14.5 Å². The van der Waals surface area contributed by atoms with Gasteiger partial charge in [0, 0.05) is 0 Å². The van der Waals surface area contributed by atoms with Crippen molar-refractivity contribution in [3.05, 3.63) is 65.9 Å². The third-order valence-electron chi connectivity index (χ3n) is 3.19. The van der Waals surface area contributed by atoms with Crippen molar-refractivity contribution in [2.75, 3.05) is 5.32 Å². The minimum atomic E-state index is -0.346. The number of benzene rings is 1. The molecular weight excluding hydrogens is 294 g/mol. The Morgan fingerprint density at radius 1 is 1.04 bits per heavy atom. The molecule has 0 spiro atoms. The van der Waals surface area contributed by atoms with Crippen LogP contribution in [0.5, 0.6) is 11.8 Å². The highest BCUT2D eigenvalue weighted by Crippen LogP contribution is 2.23. The zero-order valence-corrected chi connectivity index (χ0v) is 12.7. The Labute approximate surface area is 133 Å². The van der Waals surface area contributed by atoms with Crippen LogP contribution in [-0.2, 0) is 0 Å². The molecule has 0 saturated heterocycles. The van der Waals surface area contributed by atoms with Gasteiger partial charge in [0.1, 0.15) is 5.75 Å². The maximum atomic E-state index is 12.1. The van der Waals surface area contributed by atoms with Crippen LogP contribution in [0.3, 0.4) is 0 Å². The fourth-order valence-electron chi connectivity index (χ4n) is 2.09. The van der Waals surface area contributed by atoms with Gasteiger partial charge in [-0.25, -0.2) is 0 Å². The van der Waals surface area contributed by atoms with Gasteiger partial charge in [0.05, 0.1) is 23.3 Å². The molecule has 3 rings (SSSR count). The van der Waals surface area contributed by atoms with Gasteiger partial charge >= 0.3 is 6.01 Å². The molecule has 0 saturated carbocycles. The second kappa shape index (κ2) is 6.31. The first-order valence-corrected chi connectivity index (χ1v) is 7.06. The summed E-state index contributed by atoms with van der Waals surface area (Å²) in [5.74, 6) is 0.536. The predicted octanol–water partition coefficient (Wildman–Crippen LogP) is 3.73. The van der Waals surface area contributed by atoms with Gasteiger partial charge in [-0.1, -0.05) is 18.2 Å². The number of nitrogens with one attached hydrogen (secondary N) is 1. The second-order valence-electron chi connectivity index (χ2n) is 4.90. The van der Waals surface area contributed by atoms with Crippen molar-refractivity contribution in [3.63, 3.8) is 0 Å². The van der Waals surface area contributed by atoms with E-state index in [-0.39, 0.29) is 17.7 Å². The first-order valence-electron chi connectivity index (χ1n) is 7.06. The number of rotatable bonds is 4. The maximum Gasteiger partial charge on any atom is 0.322 e. The van der Waals surface area contributed by atoms with Crippen LogP contribution < -0.4 is 10.1 Å². The van der Waals surface area contributed by atoms with E-state index >= 15 is 0 Å². The van der Waals surface area contributed by atoms with Crippen molar-refractivity contribution in [2.45, 2.75) is 13.8 Å². The van der Waals surface area contributed by atoms with Crippen LogP contribution >= 0.6 is 0 Å². The molecule has 2 aromatic heterocycles. The van der Waals surface area contributed by atoms with E-state index in [0.717, 1.165) is 0 Å². The molecular formula is C17H15N3O3. The molecule has 0 unspecified atom stereocenters. The van der Waals surface area contributed by atoms with Crippen LogP contribution in [0.25, 0.3) is 0 Å². The van der Waals surface area contributed by atoms with Gasteiger partial charge in [0.15, 0.2) is 5.76 Å². The quantitative estimate of drug-likeness (QED) is 0.794. The second-order valence-corrected chi connectivity index (χ2v) is 4.90. The molecule has 1 amide bonds. The number of para-hydroxylation sites is 1. The van der Waals surface area contributed by atoms with Crippen molar-refractivity contribution >= 4 is 11.6 Å². The summed E-state index contributed by atoms with van der Waals surface area (Å²) >= 11 is 0. The van der Waals surface area contributed by atoms with Crippen LogP contribution in [0.15, 0.2) is 53.1 Å². The lowest BCUT2D eigenvalue weighted by atomic mass is 10.2. The lowest BCUT2D eigenvalue weighted by Crippen LogP contribution is -2.14. The van der Waals surface area contributed by atoms with E-state index in [1.165, 1.54) is 6.26 Å². The number of furan rings is 1. The molecule has 6 nitrogen and oxygen atoms in total. The third-order valence-corrected chi connectivity index (χ3v) is 3.19. The Bertz CT molecular complexity index is 791. The summed E-state index contributed by atoms with van der Waals surface area (Å²) < 4.78 is 10.7. The van der Waals surface area contributed by atoms with E-state index in [1.807, 2.05) is 30.3 Å². The maximum absolute atomic E-state index is 12.1. The van der Waals surface area contributed by atoms with Crippen molar-refractivity contribution in [1.82, 2.24) is 9.97 Å². The highest BCUT2D eigenvalue weighted by molar-refractivity contribution is 6.02. The number of amides is 1. The van der Waals surface area contributed by atoms with Gasteiger partial charge in [-0.05, 0) is 38.1 Å². The zero-order valence-electron chi connectivity index (χ0n) is 12.7. The SMILES string of the molecule is Cc1nc(Oc2ccccc2)nc(C)c1NC(=O)c1ccco1. The molecule has 0 aliphatic heterocycles. The summed E-state index contributed by atoms with van der Waals surface area (Å²) in [6.45, 7) is 3.56. The Morgan fingerprint density at radius 2 is 1.74 bits per heavy atom. The Morgan fingerprint density at radius 3 is 2.35 bits per heavy atom. The Hall–Kier alpha value is -3.15. The fourth-order valence-corrected chi connectivity index (χ4v) is 2.09. The largest absolute Gasteiger partial charge is 0.459 e. The molecule has 1 N–H and O–H groups in total. The first kappa shape index (κ1) is 14.8. The van der Waals surface area contributed by atoms with Crippen LogP contribution in [-0.4, -0.2) is 15.9 Å². The average Bonchev–Trinajstić information content (AvgIpc) is 3.06. The summed E-state index contributed by atoms with van der Waals surface area (Å²) in [6, 6.07) is 12.8. The van der Waals surface area contributed by atoms with E-state index < -0.39 is 0 Å². The monoisotopic (exact) mass is 309 g/mol. The minimum absolute atomic E-state index is 0.230. The number of ether oxygens (including phenoxy) is 1.